The number of rotatable bonds is 2. The Balaban J connectivity index is 2.48. The van der Waals surface area contributed by atoms with Crippen LogP contribution in [0.2, 0.25) is 0 Å². The third kappa shape index (κ3) is 1.53. The summed E-state index contributed by atoms with van der Waals surface area (Å²) in [7, 11) is 1.51. The van der Waals surface area contributed by atoms with Crippen molar-refractivity contribution in [2.45, 2.75) is 18.4 Å². The maximum Gasteiger partial charge on any atom is 0.141 e. The first kappa shape index (κ1) is 9.93. The van der Waals surface area contributed by atoms with Gasteiger partial charge in [0, 0.05) is 5.54 Å². The topological polar surface area (TPSA) is 35.2 Å². The van der Waals surface area contributed by atoms with Crippen molar-refractivity contribution in [1.29, 1.82) is 0 Å². The van der Waals surface area contributed by atoms with Crippen LogP contribution in [0.25, 0.3) is 0 Å². The highest BCUT2D eigenvalue weighted by Crippen LogP contribution is 2.45. The summed E-state index contributed by atoms with van der Waals surface area (Å²) in [6.07, 6.45) is 1.83. The molecule has 0 aliphatic heterocycles. The molecule has 0 amide bonds. The van der Waals surface area contributed by atoms with Crippen LogP contribution in [0.4, 0.5) is 4.39 Å². The summed E-state index contributed by atoms with van der Waals surface area (Å²) in [5.74, 6) is 0.174. The lowest BCUT2D eigenvalue weighted by atomic mass is 10.1. The van der Waals surface area contributed by atoms with Gasteiger partial charge in [-0.05, 0) is 46.5 Å². The molecule has 0 radical (unpaired) electrons. The Hall–Kier alpha value is -0.610. The molecular formula is C10H11BrFNO. The second-order valence-corrected chi connectivity index (χ2v) is 4.42. The van der Waals surface area contributed by atoms with Crippen molar-refractivity contribution in [3.8, 4) is 5.75 Å². The monoisotopic (exact) mass is 259 g/mol. The highest BCUT2D eigenvalue weighted by molar-refractivity contribution is 9.10. The number of halogens is 2. The van der Waals surface area contributed by atoms with Gasteiger partial charge in [0.05, 0.1) is 11.6 Å². The first-order valence-corrected chi connectivity index (χ1v) is 5.18. The molecule has 1 aromatic carbocycles. The molecule has 1 aliphatic rings. The molecule has 2 N–H and O–H groups in total. The van der Waals surface area contributed by atoms with Gasteiger partial charge in [-0.2, -0.15) is 0 Å². The molecule has 0 aromatic heterocycles. The average molecular weight is 260 g/mol. The second kappa shape index (κ2) is 3.21. The summed E-state index contributed by atoms with van der Waals surface area (Å²) >= 11 is 3.12. The summed E-state index contributed by atoms with van der Waals surface area (Å²) in [5.41, 5.74) is 6.46. The van der Waals surface area contributed by atoms with E-state index in [1.54, 1.807) is 6.07 Å². The summed E-state index contributed by atoms with van der Waals surface area (Å²) in [6.45, 7) is 0. The summed E-state index contributed by atoms with van der Waals surface area (Å²) in [6, 6.07) is 3.26. The van der Waals surface area contributed by atoms with E-state index in [1.807, 2.05) is 0 Å². The van der Waals surface area contributed by atoms with Gasteiger partial charge in [-0.1, -0.05) is 0 Å². The molecule has 1 fully saturated rings. The van der Waals surface area contributed by atoms with Crippen LogP contribution >= 0.6 is 15.9 Å². The fraction of sp³-hybridized carbons (Fsp3) is 0.400. The Kier molecular flexibility index (Phi) is 2.27. The number of methoxy groups -OCH3 is 1. The van der Waals surface area contributed by atoms with Crippen LogP contribution in [-0.2, 0) is 5.54 Å². The highest BCUT2D eigenvalue weighted by Gasteiger charge is 2.40. The number of nitrogens with two attached hydrogens (primary N) is 1. The van der Waals surface area contributed by atoms with E-state index in [9.17, 15) is 4.39 Å². The second-order valence-electron chi connectivity index (χ2n) is 3.63. The Labute approximate surface area is 90.4 Å². The van der Waals surface area contributed by atoms with Crippen LogP contribution < -0.4 is 10.5 Å². The Morgan fingerprint density at radius 2 is 2.14 bits per heavy atom. The first-order chi connectivity index (χ1) is 6.57. The van der Waals surface area contributed by atoms with Gasteiger partial charge < -0.3 is 10.5 Å². The third-order valence-electron chi connectivity index (χ3n) is 2.58. The molecule has 0 bridgehead atoms. The molecule has 2 nitrogen and oxygen atoms in total. The lowest BCUT2D eigenvalue weighted by Gasteiger charge is -2.12. The van der Waals surface area contributed by atoms with Gasteiger partial charge >= 0.3 is 0 Å². The van der Waals surface area contributed by atoms with E-state index >= 15 is 0 Å². The number of benzene rings is 1. The van der Waals surface area contributed by atoms with Crippen LogP contribution in [0.1, 0.15) is 18.4 Å². The van der Waals surface area contributed by atoms with Crippen LogP contribution in [0.15, 0.2) is 16.6 Å². The van der Waals surface area contributed by atoms with Crippen molar-refractivity contribution in [1.82, 2.24) is 0 Å². The average Bonchev–Trinajstić information content (AvgIpc) is 2.89. The molecule has 76 valence electrons. The van der Waals surface area contributed by atoms with Crippen molar-refractivity contribution in [2.24, 2.45) is 5.73 Å². The Bertz CT molecular complexity index is 377. The van der Waals surface area contributed by atoms with Crippen molar-refractivity contribution in [3.63, 3.8) is 0 Å². The first-order valence-electron chi connectivity index (χ1n) is 4.39. The molecule has 0 spiro atoms. The van der Waals surface area contributed by atoms with Gasteiger partial charge in [0.1, 0.15) is 11.6 Å². The predicted molar refractivity (Wildman–Crippen MR) is 55.8 cm³/mol. The van der Waals surface area contributed by atoms with Crippen LogP contribution in [0, 0.1) is 5.82 Å². The van der Waals surface area contributed by atoms with Crippen LogP contribution in [-0.4, -0.2) is 7.11 Å². The molecule has 0 heterocycles. The molecule has 2 rings (SSSR count). The van der Waals surface area contributed by atoms with Gasteiger partial charge in [0.2, 0.25) is 0 Å². The molecule has 4 heteroatoms. The van der Waals surface area contributed by atoms with E-state index in [0.29, 0.717) is 10.2 Å². The molecule has 0 saturated heterocycles. The lowest BCUT2D eigenvalue weighted by molar-refractivity contribution is 0.406. The van der Waals surface area contributed by atoms with E-state index in [1.165, 1.54) is 13.2 Å². The van der Waals surface area contributed by atoms with Gasteiger partial charge in [0.15, 0.2) is 0 Å². The fourth-order valence-corrected chi connectivity index (χ4v) is 1.81. The van der Waals surface area contributed by atoms with E-state index in [-0.39, 0.29) is 11.4 Å². The predicted octanol–water partition coefficient (Wildman–Crippen LogP) is 2.54. The highest BCUT2D eigenvalue weighted by atomic mass is 79.9. The van der Waals surface area contributed by atoms with Crippen molar-refractivity contribution >= 4 is 15.9 Å². The van der Waals surface area contributed by atoms with E-state index < -0.39 is 0 Å². The Morgan fingerprint density at radius 1 is 1.50 bits per heavy atom. The van der Waals surface area contributed by atoms with Gasteiger partial charge in [-0.25, -0.2) is 4.39 Å². The molecule has 1 aromatic rings. The number of ether oxygens (including phenoxy) is 1. The molecule has 14 heavy (non-hydrogen) atoms. The van der Waals surface area contributed by atoms with E-state index in [2.05, 4.69) is 15.9 Å². The SMILES string of the molecule is COc1cc(C2(N)CC2)cc(F)c1Br. The van der Waals surface area contributed by atoms with Crippen molar-refractivity contribution in [3.05, 3.63) is 28.0 Å². The molecule has 0 atom stereocenters. The maximum absolute atomic E-state index is 13.4. The van der Waals surface area contributed by atoms with Crippen LogP contribution in [0.3, 0.4) is 0 Å². The van der Waals surface area contributed by atoms with E-state index in [0.717, 1.165) is 18.4 Å². The minimum atomic E-state index is -0.325. The van der Waals surface area contributed by atoms with E-state index in [4.69, 9.17) is 10.5 Å². The summed E-state index contributed by atoms with van der Waals surface area (Å²) < 4.78 is 18.8. The standard InChI is InChI=1S/C10H11BrFNO/c1-14-8-5-6(10(13)2-3-10)4-7(12)9(8)11/h4-5H,2-3,13H2,1H3. The molecule has 1 aliphatic carbocycles. The zero-order chi connectivity index (χ0) is 10.3. The van der Waals surface area contributed by atoms with Crippen molar-refractivity contribution in [2.75, 3.05) is 7.11 Å². The lowest BCUT2D eigenvalue weighted by Crippen LogP contribution is -2.19. The molecule has 1 saturated carbocycles. The number of hydrogen-bond donors (Lipinski definition) is 1. The van der Waals surface area contributed by atoms with Gasteiger partial charge in [-0.3, -0.25) is 0 Å². The molecule has 0 unspecified atom stereocenters. The minimum absolute atomic E-state index is 0.323. The Morgan fingerprint density at radius 3 is 2.64 bits per heavy atom. The zero-order valence-electron chi connectivity index (χ0n) is 7.81. The summed E-state index contributed by atoms with van der Waals surface area (Å²) in [4.78, 5) is 0. The van der Waals surface area contributed by atoms with Gasteiger partial charge in [-0.15, -0.1) is 0 Å². The smallest absolute Gasteiger partial charge is 0.141 e. The number of hydrogen-bond acceptors (Lipinski definition) is 2. The third-order valence-corrected chi connectivity index (χ3v) is 3.35. The van der Waals surface area contributed by atoms with Crippen LogP contribution in [0.5, 0.6) is 5.75 Å². The van der Waals surface area contributed by atoms with Gasteiger partial charge in [0.25, 0.3) is 0 Å². The summed E-state index contributed by atoms with van der Waals surface area (Å²) in [5, 5.41) is 0. The minimum Gasteiger partial charge on any atom is -0.495 e. The fourth-order valence-electron chi connectivity index (χ4n) is 1.42. The molecular weight excluding hydrogens is 249 g/mol. The van der Waals surface area contributed by atoms with Crippen molar-refractivity contribution < 1.29 is 9.13 Å². The zero-order valence-corrected chi connectivity index (χ0v) is 9.40. The maximum atomic E-state index is 13.4. The quantitative estimate of drug-likeness (QED) is 0.886. The largest absolute Gasteiger partial charge is 0.495 e. The normalized spacial score (nSPS) is 18.0.